The van der Waals surface area contributed by atoms with Gasteiger partial charge >= 0.3 is 5.97 Å². The molecular weight excluding hydrogens is 228 g/mol. The van der Waals surface area contributed by atoms with Gasteiger partial charge in [0, 0.05) is 18.3 Å². The number of hydrogen-bond donors (Lipinski definition) is 1. The second-order valence-corrected chi connectivity index (χ2v) is 4.97. The Morgan fingerprint density at radius 2 is 2.17 bits per heavy atom. The van der Waals surface area contributed by atoms with Gasteiger partial charge in [0.15, 0.2) is 0 Å². The van der Waals surface area contributed by atoms with E-state index < -0.39 is 5.97 Å². The molecule has 1 atom stereocenters. The van der Waals surface area contributed by atoms with Crippen molar-refractivity contribution in [2.75, 3.05) is 0 Å². The zero-order valence-corrected chi connectivity index (χ0v) is 10.9. The maximum Gasteiger partial charge on any atom is 0.307 e. The zero-order valence-electron chi connectivity index (χ0n) is 10.9. The Labute approximate surface area is 106 Å². The van der Waals surface area contributed by atoms with E-state index in [0.717, 1.165) is 17.0 Å². The molecule has 96 valence electrons. The SMILES string of the molecule is Cc1nc2ccccn2c1CC(C(=O)O)C(C)C. The summed E-state index contributed by atoms with van der Waals surface area (Å²) >= 11 is 0. The first-order chi connectivity index (χ1) is 8.50. The molecule has 0 saturated carbocycles. The minimum Gasteiger partial charge on any atom is -0.481 e. The Bertz CT molecular complexity index is 572. The molecule has 0 bridgehead atoms. The third-order valence-corrected chi connectivity index (χ3v) is 3.36. The monoisotopic (exact) mass is 246 g/mol. The number of carbonyl (C=O) groups is 1. The number of nitrogens with zero attached hydrogens (tertiary/aromatic N) is 2. The van der Waals surface area contributed by atoms with Crippen LogP contribution in [0.2, 0.25) is 0 Å². The van der Waals surface area contributed by atoms with Crippen LogP contribution in [0.5, 0.6) is 0 Å². The average molecular weight is 246 g/mol. The first-order valence-electron chi connectivity index (χ1n) is 6.16. The van der Waals surface area contributed by atoms with E-state index in [1.807, 2.05) is 49.6 Å². The molecule has 1 N–H and O–H groups in total. The van der Waals surface area contributed by atoms with Crippen molar-refractivity contribution in [2.45, 2.75) is 27.2 Å². The molecule has 0 spiro atoms. The number of pyridine rings is 1. The van der Waals surface area contributed by atoms with E-state index in [9.17, 15) is 9.90 Å². The number of rotatable bonds is 4. The van der Waals surface area contributed by atoms with Crippen molar-refractivity contribution in [2.24, 2.45) is 11.8 Å². The molecule has 0 amide bonds. The van der Waals surface area contributed by atoms with E-state index in [1.165, 1.54) is 0 Å². The summed E-state index contributed by atoms with van der Waals surface area (Å²) in [5, 5.41) is 9.28. The van der Waals surface area contributed by atoms with E-state index in [1.54, 1.807) is 0 Å². The van der Waals surface area contributed by atoms with Gasteiger partial charge in [0.25, 0.3) is 0 Å². The van der Waals surface area contributed by atoms with Crippen molar-refractivity contribution in [3.05, 3.63) is 35.8 Å². The van der Waals surface area contributed by atoms with Crippen LogP contribution >= 0.6 is 0 Å². The number of aromatic nitrogens is 2. The standard InChI is InChI=1S/C14H18N2O2/c1-9(2)11(14(17)18)8-12-10(3)15-13-6-4-5-7-16(12)13/h4-7,9,11H,8H2,1-3H3,(H,17,18). The quantitative estimate of drug-likeness (QED) is 0.902. The lowest BCUT2D eigenvalue weighted by molar-refractivity contribution is -0.143. The van der Waals surface area contributed by atoms with Crippen LogP contribution in [0.1, 0.15) is 25.2 Å². The Hall–Kier alpha value is -1.84. The van der Waals surface area contributed by atoms with Crippen LogP contribution < -0.4 is 0 Å². The van der Waals surface area contributed by atoms with E-state index in [4.69, 9.17) is 0 Å². The summed E-state index contributed by atoms with van der Waals surface area (Å²) < 4.78 is 1.98. The summed E-state index contributed by atoms with van der Waals surface area (Å²) in [7, 11) is 0. The molecule has 0 fully saturated rings. The van der Waals surface area contributed by atoms with Crippen LogP contribution in [0.4, 0.5) is 0 Å². The molecule has 18 heavy (non-hydrogen) atoms. The van der Waals surface area contributed by atoms with E-state index >= 15 is 0 Å². The lowest BCUT2D eigenvalue weighted by Crippen LogP contribution is -2.23. The molecule has 4 nitrogen and oxygen atoms in total. The molecule has 2 aromatic heterocycles. The second-order valence-electron chi connectivity index (χ2n) is 4.97. The second kappa shape index (κ2) is 4.80. The van der Waals surface area contributed by atoms with Crippen molar-refractivity contribution in [1.82, 2.24) is 9.38 Å². The summed E-state index contributed by atoms with van der Waals surface area (Å²) in [6, 6.07) is 5.80. The lowest BCUT2D eigenvalue weighted by atomic mass is 9.91. The lowest BCUT2D eigenvalue weighted by Gasteiger charge is -2.16. The van der Waals surface area contributed by atoms with E-state index in [0.29, 0.717) is 6.42 Å². The van der Waals surface area contributed by atoms with Gasteiger partial charge in [-0.25, -0.2) is 4.98 Å². The molecular formula is C14H18N2O2. The summed E-state index contributed by atoms with van der Waals surface area (Å²) in [6.45, 7) is 5.82. The van der Waals surface area contributed by atoms with Gasteiger partial charge in [0.2, 0.25) is 0 Å². The van der Waals surface area contributed by atoms with Gasteiger partial charge in [-0.2, -0.15) is 0 Å². The molecule has 0 aromatic carbocycles. The van der Waals surface area contributed by atoms with Gasteiger partial charge < -0.3 is 9.51 Å². The first-order valence-corrected chi connectivity index (χ1v) is 6.16. The van der Waals surface area contributed by atoms with Gasteiger partial charge in [-0.15, -0.1) is 0 Å². The minimum atomic E-state index is -0.740. The molecule has 0 aliphatic carbocycles. The molecule has 0 radical (unpaired) electrons. The third-order valence-electron chi connectivity index (χ3n) is 3.36. The Morgan fingerprint density at radius 1 is 1.44 bits per heavy atom. The highest BCUT2D eigenvalue weighted by molar-refractivity contribution is 5.70. The highest BCUT2D eigenvalue weighted by Gasteiger charge is 2.24. The summed E-state index contributed by atoms with van der Waals surface area (Å²) in [6.07, 6.45) is 2.45. The Balaban J connectivity index is 2.42. The number of hydrogen-bond acceptors (Lipinski definition) is 2. The maximum absolute atomic E-state index is 11.3. The summed E-state index contributed by atoms with van der Waals surface area (Å²) in [5.74, 6) is -1.00. The highest BCUT2D eigenvalue weighted by Crippen LogP contribution is 2.21. The third kappa shape index (κ3) is 2.23. The predicted octanol–water partition coefficient (Wildman–Crippen LogP) is 2.54. The van der Waals surface area contributed by atoms with Crippen molar-refractivity contribution in [3.8, 4) is 0 Å². The number of carboxylic acid groups (broad SMARTS) is 1. The normalized spacial score (nSPS) is 13.1. The minimum absolute atomic E-state index is 0.108. The molecule has 1 unspecified atom stereocenters. The predicted molar refractivity (Wildman–Crippen MR) is 69.6 cm³/mol. The van der Waals surface area contributed by atoms with Crippen molar-refractivity contribution in [1.29, 1.82) is 0 Å². The molecule has 4 heteroatoms. The topological polar surface area (TPSA) is 54.6 Å². The number of fused-ring (bicyclic) bond motifs is 1. The highest BCUT2D eigenvalue weighted by atomic mass is 16.4. The number of carboxylic acids is 1. The average Bonchev–Trinajstić information content (AvgIpc) is 2.61. The van der Waals surface area contributed by atoms with Gasteiger partial charge in [0.05, 0.1) is 11.6 Å². The largest absolute Gasteiger partial charge is 0.481 e. The Kier molecular flexibility index (Phi) is 3.36. The van der Waals surface area contributed by atoms with E-state index in [2.05, 4.69) is 4.98 Å². The van der Waals surface area contributed by atoms with E-state index in [-0.39, 0.29) is 11.8 Å². The van der Waals surface area contributed by atoms with Crippen LogP contribution in [0.25, 0.3) is 5.65 Å². The van der Waals surface area contributed by atoms with Crippen LogP contribution in [0.15, 0.2) is 24.4 Å². The molecule has 0 aliphatic heterocycles. The molecule has 2 heterocycles. The fourth-order valence-corrected chi connectivity index (χ4v) is 2.23. The van der Waals surface area contributed by atoms with Crippen molar-refractivity contribution >= 4 is 11.6 Å². The van der Waals surface area contributed by atoms with Crippen molar-refractivity contribution in [3.63, 3.8) is 0 Å². The van der Waals surface area contributed by atoms with Gasteiger partial charge in [-0.05, 0) is 25.0 Å². The zero-order chi connectivity index (χ0) is 13.3. The van der Waals surface area contributed by atoms with Gasteiger partial charge in [-0.1, -0.05) is 19.9 Å². The van der Waals surface area contributed by atoms with Gasteiger partial charge in [-0.3, -0.25) is 4.79 Å². The summed E-state index contributed by atoms with van der Waals surface area (Å²) in [4.78, 5) is 15.7. The molecule has 0 aliphatic rings. The van der Waals surface area contributed by atoms with Crippen LogP contribution in [0.3, 0.4) is 0 Å². The molecule has 0 saturated heterocycles. The Morgan fingerprint density at radius 3 is 2.78 bits per heavy atom. The fraction of sp³-hybridized carbons (Fsp3) is 0.429. The molecule has 2 aromatic rings. The number of aryl methyl sites for hydroxylation is 1. The molecule has 2 rings (SSSR count). The first kappa shape index (κ1) is 12.6. The fourth-order valence-electron chi connectivity index (χ4n) is 2.23. The van der Waals surface area contributed by atoms with Crippen LogP contribution in [0, 0.1) is 18.8 Å². The number of imidazole rings is 1. The maximum atomic E-state index is 11.3. The van der Waals surface area contributed by atoms with Crippen LogP contribution in [-0.2, 0) is 11.2 Å². The summed E-state index contributed by atoms with van der Waals surface area (Å²) in [5.41, 5.74) is 2.78. The smallest absolute Gasteiger partial charge is 0.307 e. The number of aliphatic carboxylic acids is 1. The van der Waals surface area contributed by atoms with Crippen LogP contribution in [-0.4, -0.2) is 20.5 Å². The van der Waals surface area contributed by atoms with Gasteiger partial charge in [0.1, 0.15) is 5.65 Å². The van der Waals surface area contributed by atoms with Crippen molar-refractivity contribution < 1.29 is 9.90 Å².